The van der Waals surface area contributed by atoms with Crippen LogP contribution < -0.4 is 10.6 Å². The monoisotopic (exact) mass is 405 g/mol. The van der Waals surface area contributed by atoms with Gasteiger partial charge in [0, 0.05) is 18.5 Å². The number of thioether (sulfide) groups is 1. The van der Waals surface area contributed by atoms with E-state index in [9.17, 15) is 9.59 Å². The second-order valence-corrected chi connectivity index (χ2v) is 8.47. The molecule has 5 nitrogen and oxygen atoms in total. The summed E-state index contributed by atoms with van der Waals surface area (Å²) in [4.78, 5) is 29.0. The van der Waals surface area contributed by atoms with Crippen LogP contribution in [0.1, 0.15) is 39.5 Å². The van der Waals surface area contributed by atoms with Crippen LogP contribution in [0.15, 0.2) is 34.7 Å². The number of hydrogen-bond donors (Lipinski definition) is 2. The number of carbonyl (C=O) groups excluding carboxylic acids is 2. The van der Waals surface area contributed by atoms with Gasteiger partial charge in [-0.3, -0.25) is 9.59 Å². The van der Waals surface area contributed by atoms with Crippen molar-refractivity contribution < 1.29 is 9.59 Å². The number of nitrogens with one attached hydrogen (secondary N) is 2. The molecule has 1 aromatic carbocycles. The molecule has 7 heteroatoms. The van der Waals surface area contributed by atoms with Crippen LogP contribution in [0.5, 0.6) is 0 Å². The van der Waals surface area contributed by atoms with Gasteiger partial charge >= 0.3 is 0 Å². The van der Waals surface area contributed by atoms with Gasteiger partial charge < -0.3 is 10.6 Å². The number of carbonyl (C=O) groups is 2. The van der Waals surface area contributed by atoms with E-state index in [0.717, 1.165) is 46.3 Å². The molecule has 0 aliphatic rings. The highest BCUT2D eigenvalue weighted by atomic mass is 32.2. The fraction of sp³-hybridized carbons (Fsp3) is 0.450. The zero-order valence-electron chi connectivity index (χ0n) is 16.1. The lowest BCUT2D eigenvalue weighted by Crippen LogP contribution is -2.22. The van der Waals surface area contributed by atoms with Gasteiger partial charge in [-0.25, -0.2) is 4.98 Å². The Morgan fingerprint density at radius 2 is 1.81 bits per heavy atom. The molecule has 1 aromatic heterocycles. The number of thiazole rings is 1. The van der Waals surface area contributed by atoms with Crippen molar-refractivity contribution in [3.63, 3.8) is 0 Å². The molecule has 1 heterocycles. The number of aromatic nitrogens is 1. The number of anilines is 1. The third-order valence-corrected chi connectivity index (χ3v) is 6.26. The molecule has 0 radical (unpaired) electrons. The predicted octanol–water partition coefficient (Wildman–Crippen LogP) is 4.80. The molecule has 2 N–H and O–H groups in total. The Balaban J connectivity index is 2.25. The summed E-state index contributed by atoms with van der Waals surface area (Å²) >= 11 is 2.81. The van der Waals surface area contributed by atoms with Gasteiger partial charge in [-0.05, 0) is 12.8 Å². The minimum Gasteiger partial charge on any atom is -0.358 e. The van der Waals surface area contributed by atoms with Crippen LogP contribution in [0.2, 0.25) is 0 Å². The molecular weight excluding hydrogens is 378 g/mol. The minimum atomic E-state index is -0.0481. The highest BCUT2D eigenvalue weighted by molar-refractivity contribution is 8.01. The summed E-state index contributed by atoms with van der Waals surface area (Å²) in [6.07, 6.45) is 3.74. The lowest BCUT2D eigenvalue weighted by Gasteiger charge is -2.15. The molecule has 2 aromatic rings. The molecule has 0 bridgehead atoms. The van der Waals surface area contributed by atoms with Gasteiger partial charge in [0.25, 0.3) is 0 Å². The standard InChI is InChI=1S/C20H27N3O2S2/c1-4-9-15(10-5-2)18(25)23-19-17(14-11-7-6-8-12-14)22-20(27-19)26-13-16(24)21-3/h6-8,11-12,15H,4-5,9-10,13H2,1-3H3,(H,21,24)(H,23,25). The highest BCUT2D eigenvalue weighted by Crippen LogP contribution is 2.38. The van der Waals surface area contributed by atoms with E-state index in [1.165, 1.54) is 23.1 Å². The Morgan fingerprint density at radius 1 is 1.15 bits per heavy atom. The molecule has 0 spiro atoms. The van der Waals surface area contributed by atoms with Crippen molar-refractivity contribution in [2.75, 3.05) is 18.1 Å². The molecule has 0 aliphatic heterocycles. The van der Waals surface area contributed by atoms with E-state index in [-0.39, 0.29) is 17.7 Å². The van der Waals surface area contributed by atoms with Crippen LogP contribution >= 0.6 is 23.1 Å². The quantitative estimate of drug-likeness (QED) is 0.557. The van der Waals surface area contributed by atoms with Crippen LogP contribution in [0.3, 0.4) is 0 Å². The average Bonchev–Trinajstić information content (AvgIpc) is 3.09. The molecular formula is C20H27N3O2S2. The topological polar surface area (TPSA) is 71.1 Å². The van der Waals surface area contributed by atoms with Crippen LogP contribution in [-0.4, -0.2) is 29.6 Å². The van der Waals surface area contributed by atoms with Crippen LogP contribution in [0, 0.1) is 5.92 Å². The van der Waals surface area contributed by atoms with E-state index in [1.54, 1.807) is 7.05 Å². The molecule has 2 amide bonds. The summed E-state index contributed by atoms with van der Waals surface area (Å²) in [6.45, 7) is 4.21. The first kappa shape index (κ1) is 21.4. The number of hydrogen-bond acceptors (Lipinski definition) is 5. The smallest absolute Gasteiger partial charge is 0.230 e. The summed E-state index contributed by atoms with van der Waals surface area (Å²) < 4.78 is 0.773. The number of amides is 2. The average molecular weight is 406 g/mol. The maximum atomic E-state index is 12.8. The molecule has 0 unspecified atom stereocenters. The van der Waals surface area contributed by atoms with Gasteiger partial charge in [0.05, 0.1) is 5.75 Å². The van der Waals surface area contributed by atoms with Gasteiger partial charge in [0.2, 0.25) is 11.8 Å². The second kappa shape index (κ2) is 11.1. The Hall–Kier alpha value is -1.86. The normalized spacial score (nSPS) is 10.8. The highest BCUT2D eigenvalue weighted by Gasteiger charge is 2.21. The molecule has 0 saturated heterocycles. The maximum Gasteiger partial charge on any atom is 0.230 e. The largest absolute Gasteiger partial charge is 0.358 e. The summed E-state index contributed by atoms with van der Waals surface area (Å²) in [6, 6.07) is 9.82. The van der Waals surface area contributed by atoms with Gasteiger partial charge in [0.15, 0.2) is 4.34 Å². The molecule has 0 atom stereocenters. The van der Waals surface area contributed by atoms with Crippen molar-refractivity contribution in [1.29, 1.82) is 0 Å². The third kappa shape index (κ3) is 6.36. The lowest BCUT2D eigenvalue weighted by molar-refractivity contribution is -0.120. The van der Waals surface area contributed by atoms with Gasteiger partial charge in [-0.1, -0.05) is 80.1 Å². The van der Waals surface area contributed by atoms with Crippen LogP contribution in [0.25, 0.3) is 11.3 Å². The van der Waals surface area contributed by atoms with Crippen molar-refractivity contribution in [3.05, 3.63) is 30.3 Å². The van der Waals surface area contributed by atoms with E-state index < -0.39 is 0 Å². The molecule has 27 heavy (non-hydrogen) atoms. The summed E-state index contributed by atoms with van der Waals surface area (Å²) in [5.41, 5.74) is 1.72. The first-order valence-corrected chi connectivity index (χ1v) is 11.1. The van der Waals surface area contributed by atoms with Gasteiger partial charge in [-0.2, -0.15) is 0 Å². The van der Waals surface area contributed by atoms with Crippen molar-refractivity contribution in [3.8, 4) is 11.3 Å². The lowest BCUT2D eigenvalue weighted by atomic mass is 9.97. The summed E-state index contributed by atoms with van der Waals surface area (Å²) in [5, 5.41) is 6.47. The van der Waals surface area contributed by atoms with E-state index in [1.807, 2.05) is 30.3 Å². The summed E-state index contributed by atoms with van der Waals surface area (Å²) in [5.74, 6) is 0.336. The van der Waals surface area contributed by atoms with E-state index in [0.29, 0.717) is 5.75 Å². The maximum absolute atomic E-state index is 12.8. The van der Waals surface area contributed by atoms with Crippen LogP contribution in [0.4, 0.5) is 5.00 Å². The number of nitrogens with zero attached hydrogens (tertiary/aromatic N) is 1. The number of rotatable bonds is 10. The van der Waals surface area contributed by atoms with Crippen molar-refractivity contribution >= 4 is 39.9 Å². The SMILES string of the molecule is CCCC(CCC)C(=O)Nc1sc(SCC(=O)NC)nc1-c1ccccc1. The Morgan fingerprint density at radius 3 is 2.41 bits per heavy atom. The molecule has 0 aliphatic carbocycles. The van der Waals surface area contributed by atoms with Crippen molar-refractivity contribution in [2.45, 2.75) is 43.9 Å². The summed E-state index contributed by atoms with van der Waals surface area (Å²) in [7, 11) is 1.62. The van der Waals surface area contributed by atoms with Crippen molar-refractivity contribution in [1.82, 2.24) is 10.3 Å². The Kier molecular flexibility index (Phi) is 8.81. The fourth-order valence-electron chi connectivity index (χ4n) is 2.76. The van der Waals surface area contributed by atoms with E-state index in [2.05, 4.69) is 29.5 Å². The van der Waals surface area contributed by atoms with E-state index >= 15 is 0 Å². The van der Waals surface area contributed by atoms with Crippen LogP contribution in [-0.2, 0) is 9.59 Å². The fourth-order valence-corrected chi connectivity index (χ4v) is 4.70. The van der Waals surface area contributed by atoms with E-state index in [4.69, 9.17) is 0 Å². The minimum absolute atomic E-state index is 0.0210. The molecule has 0 fully saturated rings. The van der Waals surface area contributed by atoms with Gasteiger partial charge in [0.1, 0.15) is 10.7 Å². The molecule has 2 rings (SSSR count). The second-order valence-electron chi connectivity index (χ2n) is 6.25. The Labute approximate surface area is 169 Å². The third-order valence-electron chi connectivity index (χ3n) is 4.14. The first-order chi connectivity index (χ1) is 13.1. The van der Waals surface area contributed by atoms with Crippen molar-refractivity contribution in [2.24, 2.45) is 5.92 Å². The predicted molar refractivity (Wildman–Crippen MR) is 114 cm³/mol. The first-order valence-electron chi connectivity index (χ1n) is 9.29. The Bertz CT molecular complexity index is 741. The number of benzene rings is 1. The van der Waals surface area contributed by atoms with Gasteiger partial charge in [-0.15, -0.1) is 0 Å². The zero-order valence-corrected chi connectivity index (χ0v) is 17.7. The zero-order chi connectivity index (χ0) is 19.6. The molecule has 0 saturated carbocycles. The molecule has 146 valence electrons.